The lowest BCUT2D eigenvalue weighted by Crippen LogP contribution is -2.29. The van der Waals surface area contributed by atoms with Crippen molar-refractivity contribution < 1.29 is 9.22 Å². The highest BCUT2D eigenvalue weighted by molar-refractivity contribution is 6.70. The van der Waals surface area contributed by atoms with Gasteiger partial charge in [0.05, 0.1) is 5.69 Å². The van der Waals surface area contributed by atoms with E-state index >= 15 is 0 Å². The lowest BCUT2D eigenvalue weighted by Gasteiger charge is -2.20. The second-order valence-electron chi connectivity index (χ2n) is 4.52. The van der Waals surface area contributed by atoms with E-state index in [0.717, 1.165) is 0 Å². The summed E-state index contributed by atoms with van der Waals surface area (Å²) in [7, 11) is -1.68. The normalized spacial score (nSPS) is 11.2. The molecule has 0 aliphatic carbocycles. The van der Waals surface area contributed by atoms with Crippen molar-refractivity contribution >= 4 is 19.8 Å². The summed E-state index contributed by atoms with van der Waals surface area (Å²) < 4.78 is 5.78. The smallest absolute Gasteiger partial charge is 0.242 e. The molecule has 3 nitrogen and oxygen atoms in total. The van der Waals surface area contributed by atoms with Crippen LogP contribution in [0.4, 0.5) is 5.69 Å². The van der Waals surface area contributed by atoms with E-state index in [1.54, 1.807) is 18.2 Å². The summed E-state index contributed by atoms with van der Waals surface area (Å²) in [4.78, 5) is 11.2. The van der Waals surface area contributed by atoms with E-state index in [1.807, 2.05) is 0 Å². The van der Waals surface area contributed by atoms with E-state index in [-0.39, 0.29) is 5.78 Å². The van der Waals surface area contributed by atoms with E-state index in [0.29, 0.717) is 17.0 Å². The van der Waals surface area contributed by atoms with Crippen LogP contribution >= 0.6 is 0 Å². The summed E-state index contributed by atoms with van der Waals surface area (Å²) in [5, 5.41) is 0. The highest BCUT2D eigenvalue weighted by atomic mass is 28.4. The summed E-state index contributed by atoms with van der Waals surface area (Å²) in [6, 6.07) is 5.15. The molecule has 0 aliphatic heterocycles. The standard InChI is InChI=1S/C11H17NO2Si/c1-8(13)9-5-6-10(12)11(7-9)14-15(2,3)4/h5-7H,12H2,1-4H3. The molecule has 1 aromatic rings. The molecule has 0 atom stereocenters. The molecule has 0 spiro atoms. The first kappa shape index (κ1) is 11.8. The average Bonchev–Trinajstić information content (AvgIpc) is 2.06. The summed E-state index contributed by atoms with van der Waals surface area (Å²) in [6.07, 6.45) is 0. The molecular formula is C11H17NO2Si. The molecule has 0 saturated carbocycles. The van der Waals surface area contributed by atoms with Crippen molar-refractivity contribution in [3.05, 3.63) is 23.8 Å². The predicted octanol–water partition coefficient (Wildman–Crippen LogP) is 2.69. The van der Waals surface area contributed by atoms with Crippen molar-refractivity contribution in [3.63, 3.8) is 0 Å². The molecule has 1 rings (SSSR count). The van der Waals surface area contributed by atoms with Crippen LogP contribution in [0.3, 0.4) is 0 Å². The zero-order valence-electron chi connectivity index (χ0n) is 9.63. The summed E-state index contributed by atoms with van der Waals surface area (Å²) >= 11 is 0. The van der Waals surface area contributed by atoms with Gasteiger partial charge in [0.15, 0.2) is 5.78 Å². The Kier molecular flexibility index (Phi) is 3.19. The van der Waals surface area contributed by atoms with Gasteiger partial charge >= 0.3 is 0 Å². The van der Waals surface area contributed by atoms with Crippen LogP contribution in [-0.2, 0) is 0 Å². The number of anilines is 1. The number of hydrogen-bond acceptors (Lipinski definition) is 3. The van der Waals surface area contributed by atoms with Crippen LogP contribution in [0, 0.1) is 0 Å². The quantitative estimate of drug-likeness (QED) is 0.487. The molecule has 0 saturated heterocycles. The number of Topliss-reactive ketones (excluding diaryl/α,β-unsaturated/α-hetero) is 1. The summed E-state index contributed by atoms with van der Waals surface area (Å²) in [5.74, 6) is 0.650. The molecule has 0 unspecified atom stereocenters. The SMILES string of the molecule is CC(=O)c1ccc(N)c(O[Si](C)(C)C)c1. The first-order valence-electron chi connectivity index (χ1n) is 4.89. The molecule has 0 aliphatic rings. The largest absolute Gasteiger partial charge is 0.543 e. The Bertz CT molecular complexity index is 383. The van der Waals surface area contributed by atoms with Gasteiger partial charge in [0.1, 0.15) is 5.75 Å². The van der Waals surface area contributed by atoms with Gasteiger partial charge in [-0.05, 0) is 44.8 Å². The van der Waals surface area contributed by atoms with Gasteiger partial charge < -0.3 is 10.2 Å². The van der Waals surface area contributed by atoms with Gasteiger partial charge in [0.2, 0.25) is 8.32 Å². The zero-order chi connectivity index (χ0) is 11.6. The number of carbonyl (C=O) groups excluding carboxylic acids is 1. The third-order valence-corrected chi connectivity index (χ3v) is 2.67. The maximum Gasteiger partial charge on any atom is 0.242 e. The molecular weight excluding hydrogens is 206 g/mol. The lowest BCUT2D eigenvalue weighted by molar-refractivity contribution is 0.101. The van der Waals surface area contributed by atoms with E-state index < -0.39 is 8.32 Å². The monoisotopic (exact) mass is 223 g/mol. The number of ketones is 1. The van der Waals surface area contributed by atoms with Gasteiger partial charge in [-0.1, -0.05) is 0 Å². The van der Waals surface area contributed by atoms with E-state index in [2.05, 4.69) is 19.6 Å². The zero-order valence-corrected chi connectivity index (χ0v) is 10.6. The number of nitrogen functional groups attached to an aromatic ring is 1. The summed E-state index contributed by atoms with van der Waals surface area (Å²) in [6.45, 7) is 7.76. The first-order valence-corrected chi connectivity index (χ1v) is 8.30. The molecule has 0 radical (unpaired) electrons. The van der Waals surface area contributed by atoms with Crippen LogP contribution in [0.5, 0.6) is 5.75 Å². The van der Waals surface area contributed by atoms with Gasteiger partial charge in [-0.25, -0.2) is 0 Å². The maximum absolute atomic E-state index is 11.2. The number of rotatable bonds is 3. The van der Waals surface area contributed by atoms with Crippen LogP contribution in [-0.4, -0.2) is 14.1 Å². The third kappa shape index (κ3) is 3.40. The summed E-state index contributed by atoms with van der Waals surface area (Å²) in [5.41, 5.74) is 7.00. The molecule has 0 bridgehead atoms. The molecule has 0 fully saturated rings. The van der Waals surface area contributed by atoms with Crippen molar-refractivity contribution in [2.24, 2.45) is 0 Å². The van der Waals surface area contributed by atoms with Gasteiger partial charge in [-0.2, -0.15) is 0 Å². The number of nitrogens with two attached hydrogens (primary N) is 1. The minimum Gasteiger partial charge on any atom is -0.543 e. The Labute approximate surface area is 91.4 Å². The Hall–Kier alpha value is -1.29. The van der Waals surface area contributed by atoms with Crippen LogP contribution in [0.25, 0.3) is 0 Å². The highest BCUT2D eigenvalue weighted by Crippen LogP contribution is 2.25. The second-order valence-corrected chi connectivity index (χ2v) is 8.95. The third-order valence-electron chi connectivity index (χ3n) is 1.84. The van der Waals surface area contributed by atoms with Crippen molar-refractivity contribution in [1.82, 2.24) is 0 Å². The number of carbonyl (C=O) groups is 1. The molecule has 2 N–H and O–H groups in total. The van der Waals surface area contributed by atoms with Gasteiger partial charge in [-0.3, -0.25) is 4.79 Å². The molecule has 15 heavy (non-hydrogen) atoms. The fourth-order valence-corrected chi connectivity index (χ4v) is 2.01. The van der Waals surface area contributed by atoms with Crippen LogP contribution in [0.2, 0.25) is 19.6 Å². The Balaban J connectivity index is 3.06. The molecule has 0 heterocycles. The van der Waals surface area contributed by atoms with Gasteiger partial charge in [0, 0.05) is 5.56 Å². The van der Waals surface area contributed by atoms with Crippen LogP contribution < -0.4 is 10.2 Å². The highest BCUT2D eigenvalue weighted by Gasteiger charge is 2.18. The van der Waals surface area contributed by atoms with E-state index in [1.165, 1.54) is 6.92 Å². The Morgan fingerprint density at radius 1 is 1.33 bits per heavy atom. The Morgan fingerprint density at radius 2 is 1.93 bits per heavy atom. The van der Waals surface area contributed by atoms with Gasteiger partial charge in [0.25, 0.3) is 0 Å². The molecule has 0 amide bonds. The minimum absolute atomic E-state index is 0.0235. The molecule has 4 heteroatoms. The van der Waals surface area contributed by atoms with Crippen LogP contribution in [0.1, 0.15) is 17.3 Å². The average molecular weight is 223 g/mol. The predicted molar refractivity (Wildman–Crippen MR) is 64.8 cm³/mol. The van der Waals surface area contributed by atoms with E-state index in [9.17, 15) is 4.79 Å². The van der Waals surface area contributed by atoms with Crippen molar-refractivity contribution in [3.8, 4) is 5.75 Å². The number of hydrogen-bond donors (Lipinski definition) is 1. The fraction of sp³-hybridized carbons (Fsp3) is 0.364. The van der Waals surface area contributed by atoms with Crippen LogP contribution in [0.15, 0.2) is 18.2 Å². The molecule has 1 aromatic carbocycles. The maximum atomic E-state index is 11.2. The first-order chi connectivity index (χ1) is 6.79. The molecule has 82 valence electrons. The Morgan fingerprint density at radius 3 is 2.40 bits per heavy atom. The minimum atomic E-state index is -1.68. The van der Waals surface area contributed by atoms with Crippen molar-refractivity contribution in [2.45, 2.75) is 26.6 Å². The van der Waals surface area contributed by atoms with Crippen molar-refractivity contribution in [1.29, 1.82) is 0 Å². The lowest BCUT2D eigenvalue weighted by atomic mass is 10.1. The molecule has 0 aromatic heterocycles. The van der Waals surface area contributed by atoms with Crippen molar-refractivity contribution in [2.75, 3.05) is 5.73 Å². The second kappa shape index (κ2) is 4.06. The van der Waals surface area contributed by atoms with E-state index in [4.69, 9.17) is 10.2 Å². The van der Waals surface area contributed by atoms with Gasteiger partial charge in [-0.15, -0.1) is 0 Å². The number of benzene rings is 1. The topological polar surface area (TPSA) is 52.3 Å². The fourth-order valence-electron chi connectivity index (χ4n) is 1.17.